The van der Waals surface area contributed by atoms with E-state index in [1.165, 1.54) is 0 Å². The van der Waals surface area contributed by atoms with Crippen LogP contribution in [0, 0.1) is 12.3 Å². The summed E-state index contributed by atoms with van der Waals surface area (Å²) in [6.07, 6.45) is 1.32. The summed E-state index contributed by atoms with van der Waals surface area (Å²) in [5, 5.41) is 11.7. The Bertz CT molecular complexity index is 683. The minimum atomic E-state index is -0.404. The van der Waals surface area contributed by atoms with Crippen LogP contribution in [0.5, 0.6) is 0 Å². The van der Waals surface area contributed by atoms with Gasteiger partial charge in [0.1, 0.15) is 0 Å². The fourth-order valence-corrected chi connectivity index (χ4v) is 3.89. The lowest BCUT2D eigenvalue weighted by atomic mass is 9.75. The van der Waals surface area contributed by atoms with Crippen LogP contribution in [0.3, 0.4) is 0 Å². The fourth-order valence-electron chi connectivity index (χ4n) is 3.37. The molecular weight excluding hydrogens is 305 g/mol. The van der Waals surface area contributed by atoms with Gasteiger partial charge in [-0.25, -0.2) is 0 Å². The van der Waals surface area contributed by atoms with Gasteiger partial charge in [-0.1, -0.05) is 37.0 Å². The highest BCUT2D eigenvalue weighted by Crippen LogP contribution is 2.43. The summed E-state index contributed by atoms with van der Waals surface area (Å²) in [6.45, 7) is 6.43. The minimum Gasteiger partial charge on any atom is -0.388 e. The zero-order valence-electron chi connectivity index (χ0n) is 12.5. The summed E-state index contributed by atoms with van der Waals surface area (Å²) < 4.78 is 2.16. The van der Waals surface area contributed by atoms with Gasteiger partial charge in [0.25, 0.3) is 0 Å². The standard InChI is InChI=1S/C17H19Cl2NO/c1-10-4-14-15(8-17(2,3)9-16(14)21)20(10)13-6-11(18)5-12(19)7-13/h4-7,16,21H,8-9H2,1-3H3. The van der Waals surface area contributed by atoms with Crippen molar-refractivity contribution in [2.24, 2.45) is 5.41 Å². The van der Waals surface area contributed by atoms with E-state index in [0.29, 0.717) is 10.0 Å². The molecule has 1 aromatic heterocycles. The van der Waals surface area contributed by atoms with Crippen LogP contribution in [0.1, 0.15) is 43.3 Å². The largest absolute Gasteiger partial charge is 0.388 e. The molecule has 0 saturated carbocycles. The maximum absolute atomic E-state index is 10.4. The molecule has 1 heterocycles. The van der Waals surface area contributed by atoms with E-state index in [2.05, 4.69) is 24.5 Å². The Morgan fingerprint density at radius 3 is 2.38 bits per heavy atom. The van der Waals surface area contributed by atoms with Gasteiger partial charge in [0.05, 0.1) is 6.10 Å². The first-order valence-electron chi connectivity index (χ1n) is 7.12. The van der Waals surface area contributed by atoms with Gasteiger partial charge in [0, 0.05) is 32.7 Å². The molecule has 1 aliphatic rings. The molecule has 0 spiro atoms. The number of aromatic nitrogens is 1. The Kier molecular flexibility index (Phi) is 3.59. The van der Waals surface area contributed by atoms with Crippen molar-refractivity contribution < 1.29 is 5.11 Å². The number of nitrogens with zero attached hydrogens (tertiary/aromatic N) is 1. The van der Waals surface area contributed by atoms with Gasteiger partial charge in [-0.05, 0) is 49.4 Å². The molecule has 2 nitrogen and oxygen atoms in total. The van der Waals surface area contributed by atoms with Gasteiger partial charge < -0.3 is 9.67 Å². The van der Waals surface area contributed by atoms with Gasteiger partial charge in [0.15, 0.2) is 0 Å². The quantitative estimate of drug-likeness (QED) is 0.776. The molecule has 1 N–H and O–H groups in total. The normalized spacial score (nSPS) is 20.4. The molecule has 0 aliphatic heterocycles. The lowest BCUT2D eigenvalue weighted by molar-refractivity contribution is 0.0987. The topological polar surface area (TPSA) is 25.2 Å². The number of aliphatic hydroxyl groups is 1. The van der Waals surface area contributed by atoms with Crippen molar-refractivity contribution in [3.05, 3.63) is 51.3 Å². The van der Waals surface area contributed by atoms with E-state index < -0.39 is 6.10 Å². The summed E-state index contributed by atoms with van der Waals surface area (Å²) in [7, 11) is 0. The van der Waals surface area contributed by atoms with Gasteiger partial charge in [-0.15, -0.1) is 0 Å². The van der Waals surface area contributed by atoms with E-state index in [9.17, 15) is 5.11 Å². The second-order valence-electron chi connectivity index (χ2n) is 6.71. The SMILES string of the molecule is Cc1cc2c(n1-c1cc(Cl)cc(Cl)c1)CC(C)(C)CC2O. The molecular formula is C17H19Cl2NO. The van der Waals surface area contributed by atoms with Crippen molar-refractivity contribution in [3.8, 4) is 5.69 Å². The molecule has 21 heavy (non-hydrogen) atoms. The summed E-state index contributed by atoms with van der Waals surface area (Å²) >= 11 is 12.3. The number of benzene rings is 1. The second-order valence-corrected chi connectivity index (χ2v) is 7.58. The molecule has 0 fully saturated rings. The van der Waals surface area contributed by atoms with Crippen LogP contribution >= 0.6 is 23.2 Å². The lowest BCUT2D eigenvalue weighted by Gasteiger charge is -2.34. The molecule has 0 saturated heterocycles. The van der Waals surface area contributed by atoms with Crippen LogP contribution in [-0.4, -0.2) is 9.67 Å². The highest BCUT2D eigenvalue weighted by Gasteiger charge is 2.34. The predicted molar refractivity (Wildman–Crippen MR) is 87.6 cm³/mol. The van der Waals surface area contributed by atoms with E-state index in [4.69, 9.17) is 23.2 Å². The van der Waals surface area contributed by atoms with Crippen LogP contribution in [0.25, 0.3) is 5.69 Å². The summed E-state index contributed by atoms with van der Waals surface area (Å²) in [4.78, 5) is 0. The molecule has 0 bridgehead atoms. The third kappa shape index (κ3) is 2.73. The fraction of sp³-hybridized carbons (Fsp3) is 0.412. The van der Waals surface area contributed by atoms with Crippen LogP contribution in [0.4, 0.5) is 0 Å². The monoisotopic (exact) mass is 323 g/mol. The smallest absolute Gasteiger partial charge is 0.0812 e. The predicted octanol–water partition coefficient (Wildman–Crippen LogP) is 5.10. The zero-order chi connectivity index (χ0) is 15.4. The average molecular weight is 324 g/mol. The summed E-state index contributed by atoms with van der Waals surface area (Å²) in [5.74, 6) is 0. The van der Waals surface area contributed by atoms with Crippen LogP contribution in [0.2, 0.25) is 10.0 Å². The van der Waals surface area contributed by atoms with Crippen molar-refractivity contribution >= 4 is 23.2 Å². The Morgan fingerprint density at radius 1 is 1.14 bits per heavy atom. The first-order valence-corrected chi connectivity index (χ1v) is 7.88. The molecule has 2 aromatic rings. The number of aliphatic hydroxyl groups excluding tert-OH is 1. The Balaban J connectivity index is 2.21. The first kappa shape index (κ1) is 15.0. The lowest BCUT2D eigenvalue weighted by Crippen LogP contribution is -2.26. The van der Waals surface area contributed by atoms with Gasteiger partial charge >= 0.3 is 0 Å². The number of halogens is 2. The van der Waals surface area contributed by atoms with Gasteiger partial charge in [-0.3, -0.25) is 0 Å². The Morgan fingerprint density at radius 2 is 1.76 bits per heavy atom. The minimum absolute atomic E-state index is 0.0807. The number of hydrogen-bond donors (Lipinski definition) is 1. The third-order valence-electron chi connectivity index (χ3n) is 4.18. The molecule has 4 heteroatoms. The number of aryl methyl sites for hydroxylation is 1. The maximum Gasteiger partial charge on any atom is 0.0812 e. The highest BCUT2D eigenvalue weighted by molar-refractivity contribution is 6.34. The summed E-state index contributed by atoms with van der Waals surface area (Å²) in [5.41, 5.74) is 4.32. The van der Waals surface area contributed by atoms with Crippen molar-refractivity contribution in [2.45, 2.75) is 39.7 Å². The van der Waals surface area contributed by atoms with E-state index >= 15 is 0 Å². The number of hydrogen-bond acceptors (Lipinski definition) is 1. The molecule has 1 unspecified atom stereocenters. The van der Waals surface area contributed by atoms with Crippen molar-refractivity contribution in [1.82, 2.24) is 4.57 Å². The molecule has 112 valence electrons. The van der Waals surface area contributed by atoms with Gasteiger partial charge in [0.2, 0.25) is 0 Å². The van der Waals surface area contributed by atoms with Gasteiger partial charge in [-0.2, -0.15) is 0 Å². The summed E-state index contributed by atoms with van der Waals surface area (Å²) in [6, 6.07) is 7.63. The van der Waals surface area contributed by atoms with E-state index in [1.54, 1.807) is 6.07 Å². The zero-order valence-corrected chi connectivity index (χ0v) is 14.0. The Hall–Kier alpha value is -0.960. The first-order chi connectivity index (χ1) is 9.77. The van der Waals surface area contributed by atoms with Crippen molar-refractivity contribution in [3.63, 3.8) is 0 Å². The second kappa shape index (κ2) is 5.05. The molecule has 1 atom stereocenters. The van der Waals surface area contributed by atoms with Crippen LogP contribution in [-0.2, 0) is 6.42 Å². The molecule has 3 rings (SSSR count). The van der Waals surface area contributed by atoms with E-state index in [0.717, 1.165) is 35.5 Å². The van der Waals surface area contributed by atoms with E-state index in [-0.39, 0.29) is 5.41 Å². The van der Waals surface area contributed by atoms with Crippen molar-refractivity contribution in [2.75, 3.05) is 0 Å². The molecule has 0 amide bonds. The molecule has 1 aliphatic carbocycles. The van der Waals surface area contributed by atoms with Crippen molar-refractivity contribution in [1.29, 1.82) is 0 Å². The average Bonchev–Trinajstić information content (AvgIpc) is 2.63. The maximum atomic E-state index is 10.4. The van der Waals surface area contributed by atoms with E-state index in [1.807, 2.05) is 19.1 Å². The Labute approximate surface area is 135 Å². The number of rotatable bonds is 1. The van der Waals surface area contributed by atoms with Crippen LogP contribution < -0.4 is 0 Å². The molecule has 0 radical (unpaired) electrons. The number of fused-ring (bicyclic) bond motifs is 1. The molecule has 1 aromatic carbocycles. The van der Waals surface area contributed by atoms with Crippen LogP contribution in [0.15, 0.2) is 24.3 Å². The third-order valence-corrected chi connectivity index (χ3v) is 4.61. The highest BCUT2D eigenvalue weighted by atomic mass is 35.5.